The smallest absolute Gasteiger partial charge is 0.303 e. The van der Waals surface area contributed by atoms with E-state index in [0.717, 1.165) is 0 Å². The van der Waals surface area contributed by atoms with Gasteiger partial charge in [0, 0.05) is 55.9 Å². The van der Waals surface area contributed by atoms with Crippen LogP contribution in [0.4, 0.5) is 0 Å². The number of carboxylic acids is 1. The summed E-state index contributed by atoms with van der Waals surface area (Å²) in [5.41, 5.74) is 29.9. The third-order valence-electron chi connectivity index (χ3n) is 17.8. The number of aliphatic hydroxyl groups excluding tert-OH is 1. The number of aliphatic carboxylic acids is 1. The molecule has 1 aliphatic rings. The van der Waals surface area contributed by atoms with Crippen molar-refractivity contribution in [3.05, 3.63) is 95.7 Å². The first kappa shape index (κ1) is 88.2. The Balaban J connectivity index is 1.42. The van der Waals surface area contributed by atoms with Crippen molar-refractivity contribution in [3.8, 4) is 11.5 Å². The molecular formula is C73H106N18O18. The summed E-state index contributed by atoms with van der Waals surface area (Å²) in [7, 11) is 0. The van der Waals surface area contributed by atoms with Gasteiger partial charge in [0.25, 0.3) is 0 Å². The highest BCUT2D eigenvalue weighted by molar-refractivity contribution is 6.01. The zero-order chi connectivity index (χ0) is 80.9. The van der Waals surface area contributed by atoms with Gasteiger partial charge in [0.1, 0.15) is 84.0 Å². The molecule has 596 valence electrons. The van der Waals surface area contributed by atoms with E-state index < -0.39 is 181 Å². The van der Waals surface area contributed by atoms with E-state index in [9.17, 15) is 78.0 Å². The lowest BCUT2D eigenvalue weighted by Crippen LogP contribution is -2.61. The lowest BCUT2D eigenvalue weighted by molar-refractivity contribution is -0.142. The molecule has 13 amide bonds. The number of nitrogens with two attached hydrogens (primary N) is 5. The first-order valence-corrected chi connectivity index (χ1v) is 36.1. The number of carbonyl (C=O) groups is 14. The topological polar surface area (TPSA) is 602 Å². The van der Waals surface area contributed by atoms with Crippen molar-refractivity contribution in [2.45, 2.75) is 204 Å². The van der Waals surface area contributed by atoms with Gasteiger partial charge in [-0.05, 0) is 123 Å². The van der Waals surface area contributed by atoms with Crippen LogP contribution in [0.3, 0.4) is 0 Å². The van der Waals surface area contributed by atoms with Gasteiger partial charge in [-0.2, -0.15) is 0 Å². The number of nitrogens with one attached hydrogen (secondary N) is 11. The highest BCUT2D eigenvalue weighted by Crippen LogP contribution is 2.24. The van der Waals surface area contributed by atoms with Crippen LogP contribution < -0.4 is 81.8 Å². The van der Waals surface area contributed by atoms with Gasteiger partial charge in [-0.15, -0.1) is 0 Å². The molecule has 3 aromatic carbocycles. The van der Waals surface area contributed by atoms with Crippen molar-refractivity contribution in [2.24, 2.45) is 51.4 Å². The van der Waals surface area contributed by atoms with E-state index in [2.05, 4.69) is 63.1 Å². The number of guanidine groups is 1. The number of carboxylic acid groups (broad SMARTS) is 1. The molecule has 2 heterocycles. The third-order valence-corrected chi connectivity index (χ3v) is 17.8. The molecule has 25 N–H and O–H groups in total. The fourth-order valence-corrected chi connectivity index (χ4v) is 12.2. The normalized spacial score (nSPS) is 15.7. The van der Waals surface area contributed by atoms with Gasteiger partial charge >= 0.3 is 5.97 Å². The predicted octanol–water partition coefficient (Wildman–Crippen LogP) is -2.80. The Morgan fingerprint density at radius 2 is 0.972 bits per heavy atom. The molecule has 1 aromatic heterocycles. The number of rotatable bonds is 44. The minimum atomic E-state index is -1.66. The van der Waals surface area contributed by atoms with Gasteiger partial charge in [-0.25, -0.2) is 0 Å². The Bertz CT molecular complexity index is 3860. The van der Waals surface area contributed by atoms with Gasteiger partial charge in [0.2, 0.25) is 76.8 Å². The van der Waals surface area contributed by atoms with E-state index in [1.165, 1.54) is 60.4 Å². The van der Waals surface area contributed by atoms with Crippen molar-refractivity contribution in [3.63, 3.8) is 0 Å². The maximum Gasteiger partial charge on any atom is 0.303 e. The van der Waals surface area contributed by atoms with E-state index in [1.54, 1.807) is 72.0 Å². The monoisotopic (exact) mass is 1520 g/mol. The first-order chi connectivity index (χ1) is 51.4. The fraction of sp³-hybridized carbons (Fsp3) is 0.521. The van der Waals surface area contributed by atoms with Crippen LogP contribution in [0.15, 0.2) is 84.0 Å². The number of aromatic hydroxyl groups is 2. The van der Waals surface area contributed by atoms with Crippen LogP contribution >= 0.6 is 0 Å². The summed E-state index contributed by atoms with van der Waals surface area (Å²) in [6, 6.07) is 0.813. The minimum absolute atomic E-state index is 0.0158. The molecule has 12 atom stereocenters. The molecule has 0 bridgehead atoms. The second-order valence-corrected chi connectivity index (χ2v) is 28.4. The molecule has 1 fully saturated rings. The standard InChI is InChI=1S/C73H106N18O18/c1-37(2)28-51(61(76)98)84-70(107)56(34-59(75)95)85-62(99)40(7)81-64(101)49(14-10-26-79-73(77)78)82-66(103)53(30-39(5)6)89-71(108)58-15-11-27-91(58)72(109)57(32-42-18-22-45(94)23-19-42)90-68(105)54(31-41-16-20-44(93)21-17-41)88-67(104)52(29-38(3)4)87-65(102)50(24-25-60(96)97)83-69(106)55(86-63(100)47(74)36-92)33-43-35-80-48-13-9-8-12-46(43)48/h8-9,12-13,16-23,35,37-40,47,49-58,80,92-94H,10-11,14-15,24-34,36,74H2,1-7H3,(H2,75,95)(H2,76,98)(H,81,101)(H,82,103)(H,83,106)(H,84,107)(H,85,99)(H,86,100)(H,87,102)(H,88,104)(H,89,108)(H,90,105)(H,96,97)(H4,77,78,79). The second-order valence-electron chi connectivity index (χ2n) is 28.4. The van der Waals surface area contributed by atoms with Crippen molar-refractivity contribution >= 4 is 99.6 Å². The van der Waals surface area contributed by atoms with E-state index >= 15 is 9.59 Å². The number of nitrogens with zero attached hydrogens (tertiary/aromatic N) is 2. The molecule has 5 rings (SSSR count). The van der Waals surface area contributed by atoms with Gasteiger partial charge in [-0.3, -0.25) is 72.1 Å². The quantitative estimate of drug-likeness (QED) is 0.0121. The number of fused-ring (bicyclic) bond motifs is 1. The number of amides is 13. The number of hydrogen-bond donors (Lipinski definition) is 20. The molecule has 1 saturated heterocycles. The van der Waals surface area contributed by atoms with Crippen LogP contribution in [0.1, 0.15) is 129 Å². The van der Waals surface area contributed by atoms with Crippen LogP contribution in [-0.2, 0) is 86.4 Å². The number of primary amides is 2. The van der Waals surface area contributed by atoms with Crippen LogP contribution in [0, 0.1) is 17.8 Å². The van der Waals surface area contributed by atoms with Crippen molar-refractivity contribution in [2.75, 3.05) is 19.7 Å². The number of carbonyl (C=O) groups excluding carboxylic acids is 13. The first-order valence-electron chi connectivity index (χ1n) is 36.1. The Hall–Kier alpha value is -11.4. The molecular weight excluding hydrogens is 1420 g/mol. The lowest BCUT2D eigenvalue weighted by atomic mass is 9.99. The summed E-state index contributed by atoms with van der Waals surface area (Å²) in [5, 5.41) is 66.5. The highest BCUT2D eigenvalue weighted by Gasteiger charge is 2.42. The Morgan fingerprint density at radius 3 is 1.51 bits per heavy atom. The third kappa shape index (κ3) is 29.0. The number of likely N-dealkylation sites (tertiary alicyclic amines) is 1. The minimum Gasteiger partial charge on any atom is -0.508 e. The Labute approximate surface area is 630 Å². The Morgan fingerprint density at radius 1 is 0.523 bits per heavy atom. The molecule has 0 saturated carbocycles. The number of phenolic OH excluding ortho intramolecular Hbond substituents is 2. The second kappa shape index (κ2) is 42.8. The lowest BCUT2D eigenvalue weighted by Gasteiger charge is -2.31. The maximum absolute atomic E-state index is 15.3. The van der Waals surface area contributed by atoms with Crippen LogP contribution in [0.25, 0.3) is 10.9 Å². The summed E-state index contributed by atoms with van der Waals surface area (Å²) >= 11 is 0. The van der Waals surface area contributed by atoms with Gasteiger partial charge < -0.3 is 112 Å². The summed E-state index contributed by atoms with van der Waals surface area (Å²) in [5.74, 6) is -14.7. The van der Waals surface area contributed by atoms with E-state index in [4.69, 9.17) is 28.7 Å². The number of H-pyrrole nitrogens is 1. The molecule has 12 unspecified atom stereocenters. The average molecular weight is 1520 g/mol. The molecule has 109 heavy (non-hydrogen) atoms. The summed E-state index contributed by atoms with van der Waals surface area (Å²) < 4.78 is 0. The van der Waals surface area contributed by atoms with Gasteiger partial charge in [0.15, 0.2) is 5.96 Å². The largest absolute Gasteiger partial charge is 0.508 e. The summed E-state index contributed by atoms with van der Waals surface area (Å²) in [4.78, 5) is 202. The molecule has 0 aliphatic carbocycles. The average Bonchev–Trinajstić information content (AvgIpc) is 1.71. The number of phenols is 2. The van der Waals surface area contributed by atoms with E-state index in [1.807, 2.05) is 0 Å². The van der Waals surface area contributed by atoms with Crippen LogP contribution in [0.5, 0.6) is 11.5 Å². The maximum atomic E-state index is 15.3. The van der Waals surface area contributed by atoms with Gasteiger partial charge in [0.05, 0.1) is 13.0 Å². The number of aliphatic hydroxyl groups is 1. The van der Waals surface area contributed by atoms with Crippen molar-refractivity contribution in [1.82, 2.24) is 63.1 Å². The Kier molecular flexibility index (Phi) is 34.6. The van der Waals surface area contributed by atoms with Crippen LogP contribution in [0.2, 0.25) is 0 Å². The molecule has 36 nitrogen and oxygen atoms in total. The number of aromatic amines is 1. The predicted molar refractivity (Wildman–Crippen MR) is 399 cm³/mol. The van der Waals surface area contributed by atoms with E-state index in [-0.39, 0.29) is 113 Å². The molecule has 0 radical (unpaired) electrons. The SMILES string of the molecule is CC(C)CC(NC(=O)C(CC(N)=O)NC(=O)C(C)NC(=O)C(CCCN=C(N)N)NC(=O)C(CC(C)C)NC(=O)C1CCCN1C(=O)C(Cc1ccc(O)cc1)NC(=O)C(Cc1ccc(O)cc1)NC(=O)C(CC(C)C)NC(=O)C(CCC(=O)O)NC(=O)C(Cc1c[nH]c2ccccc12)NC(=O)C(N)CO)C(N)=O. The number of aliphatic imine (C=N–C) groups is 1. The molecule has 4 aromatic rings. The van der Waals surface area contributed by atoms with Crippen molar-refractivity contribution < 1.29 is 87.5 Å². The van der Waals surface area contributed by atoms with Crippen LogP contribution in [-0.4, -0.2) is 211 Å². The molecule has 36 heteroatoms. The van der Waals surface area contributed by atoms with Gasteiger partial charge in [-0.1, -0.05) is 84.0 Å². The number of benzene rings is 3. The zero-order valence-electron chi connectivity index (χ0n) is 62.3. The van der Waals surface area contributed by atoms with Crippen molar-refractivity contribution in [1.29, 1.82) is 0 Å². The summed E-state index contributed by atoms with van der Waals surface area (Å²) in [6.45, 7) is 10.9. The summed E-state index contributed by atoms with van der Waals surface area (Å²) in [6.07, 6.45) is -0.766. The number of aromatic nitrogens is 1. The molecule has 0 spiro atoms. The van der Waals surface area contributed by atoms with E-state index in [0.29, 0.717) is 27.6 Å². The number of para-hydroxylation sites is 1. The highest BCUT2D eigenvalue weighted by atomic mass is 16.4. The molecule has 1 aliphatic heterocycles. The zero-order valence-corrected chi connectivity index (χ0v) is 62.3. The number of hydrogen-bond acceptors (Lipinski definition) is 19. The fourth-order valence-electron chi connectivity index (χ4n) is 12.2.